The van der Waals surface area contributed by atoms with Crippen LogP contribution in [0.2, 0.25) is 0 Å². The Balaban J connectivity index is 1.80. The minimum Gasteiger partial charge on any atom is -0.503 e. The first-order valence-corrected chi connectivity index (χ1v) is 12.1. The molecule has 1 heterocycles. The van der Waals surface area contributed by atoms with E-state index in [0.717, 1.165) is 0 Å². The summed E-state index contributed by atoms with van der Waals surface area (Å²) < 4.78 is 26.5. The number of carbonyl (C=O) groups is 1. The summed E-state index contributed by atoms with van der Waals surface area (Å²) in [5, 5.41) is 11.2. The van der Waals surface area contributed by atoms with Crippen molar-refractivity contribution in [2.75, 3.05) is 54.0 Å². The fraction of sp³-hybridized carbons (Fsp3) is 0.333. The fourth-order valence-corrected chi connectivity index (χ4v) is 5.00. The van der Waals surface area contributed by atoms with Crippen LogP contribution in [0.1, 0.15) is 10.4 Å². The largest absolute Gasteiger partial charge is 0.503 e. The number of benzene rings is 2. The van der Waals surface area contributed by atoms with E-state index in [1.165, 1.54) is 33.3 Å². The summed E-state index contributed by atoms with van der Waals surface area (Å²) >= 11 is 0. The highest BCUT2D eigenvalue weighted by Crippen LogP contribution is 2.38. The van der Waals surface area contributed by atoms with Crippen molar-refractivity contribution in [2.45, 2.75) is 4.90 Å². The van der Waals surface area contributed by atoms with Crippen LogP contribution in [0.25, 0.3) is 11.0 Å². The van der Waals surface area contributed by atoms with E-state index in [0.29, 0.717) is 46.2 Å². The molecule has 0 fully saturated rings. The lowest BCUT2D eigenvalue weighted by Crippen LogP contribution is -2.32. The molecule has 2 aromatic carbocycles. The van der Waals surface area contributed by atoms with Crippen molar-refractivity contribution < 1.29 is 33.3 Å². The Morgan fingerprint density at radius 3 is 2.24 bits per heavy atom. The monoisotopic (exact) mass is 490 g/mol. The maximum Gasteiger partial charge on any atom is 0.396 e. The lowest BCUT2D eigenvalue weighted by molar-refractivity contribution is 0.0802. The minimum absolute atomic E-state index is 0.113. The Hall–Kier alpha value is -3.53. The summed E-state index contributed by atoms with van der Waals surface area (Å²) in [5.74, 6) is 1.76. The van der Waals surface area contributed by atoms with Crippen LogP contribution in [-0.2, 0) is 10.9 Å². The van der Waals surface area contributed by atoms with Crippen molar-refractivity contribution in [3.63, 3.8) is 0 Å². The van der Waals surface area contributed by atoms with Gasteiger partial charge in [0, 0.05) is 29.6 Å². The second-order valence-electron chi connectivity index (χ2n) is 7.41. The van der Waals surface area contributed by atoms with Crippen molar-refractivity contribution in [2.24, 2.45) is 0 Å². The molecular weight excluding hydrogens is 462 g/mol. The molecule has 3 rings (SSSR count). The molecule has 0 saturated carbocycles. The quantitative estimate of drug-likeness (QED) is 0.360. The number of rotatable bonds is 9. The van der Waals surface area contributed by atoms with Gasteiger partial charge in [-0.1, -0.05) is 0 Å². The fourth-order valence-electron chi connectivity index (χ4n) is 3.48. The number of nitrogens with zero attached hydrogens (tertiary/aromatic N) is 1. The smallest absolute Gasteiger partial charge is 0.396 e. The summed E-state index contributed by atoms with van der Waals surface area (Å²) in [5.41, 5.74) is 0.00925. The second kappa shape index (κ2) is 10.6. The van der Waals surface area contributed by atoms with E-state index in [2.05, 4.69) is 0 Å². The molecule has 0 aliphatic carbocycles. The van der Waals surface area contributed by atoms with E-state index < -0.39 is 16.5 Å². The predicted octanol–water partition coefficient (Wildman–Crippen LogP) is 2.91. The van der Waals surface area contributed by atoms with E-state index in [4.69, 9.17) is 23.4 Å². The van der Waals surface area contributed by atoms with Crippen molar-refractivity contribution in [3.05, 3.63) is 46.3 Å². The summed E-state index contributed by atoms with van der Waals surface area (Å²) in [6.45, 7) is 0.342. The molecule has 0 spiro atoms. The van der Waals surface area contributed by atoms with Crippen LogP contribution in [0.3, 0.4) is 0 Å². The van der Waals surface area contributed by atoms with Gasteiger partial charge in [-0.3, -0.25) is 4.79 Å². The molecule has 10 heteroatoms. The van der Waals surface area contributed by atoms with Crippen LogP contribution in [0, 0.1) is 0 Å². The van der Waals surface area contributed by atoms with Crippen molar-refractivity contribution >= 4 is 27.8 Å². The van der Waals surface area contributed by atoms with E-state index >= 15 is 0 Å². The normalized spacial score (nSPS) is 11.7. The molecule has 0 saturated heterocycles. The van der Waals surface area contributed by atoms with Crippen LogP contribution >= 0.6 is 0 Å². The zero-order chi connectivity index (χ0) is 25.0. The van der Waals surface area contributed by atoms with Gasteiger partial charge in [0.1, 0.15) is 23.3 Å². The maximum atomic E-state index is 13.0. The van der Waals surface area contributed by atoms with Gasteiger partial charge in [-0.15, -0.1) is 0 Å². The van der Waals surface area contributed by atoms with Gasteiger partial charge in [-0.2, -0.15) is 0 Å². The molecule has 34 heavy (non-hydrogen) atoms. The first-order valence-electron chi connectivity index (χ1n) is 10.3. The summed E-state index contributed by atoms with van der Waals surface area (Å²) in [7, 11) is 6.95. The molecule has 0 aliphatic heterocycles. The highest BCUT2D eigenvalue weighted by Gasteiger charge is 2.29. The minimum atomic E-state index is -0.681. The zero-order valence-electron chi connectivity index (χ0n) is 20.0. The highest BCUT2D eigenvalue weighted by molar-refractivity contribution is 7.96. The van der Waals surface area contributed by atoms with E-state index in [9.17, 15) is 14.7 Å². The van der Waals surface area contributed by atoms with Crippen molar-refractivity contribution in [3.8, 4) is 28.7 Å². The molecular formula is C24H28NO8S+. The molecule has 182 valence electrons. The van der Waals surface area contributed by atoms with E-state index in [1.54, 1.807) is 37.4 Å². The Bertz CT molecular complexity index is 1230. The van der Waals surface area contributed by atoms with Gasteiger partial charge in [0.05, 0.1) is 40.4 Å². The zero-order valence-corrected chi connectivity index (χ0v) is 20.8. The third-order valence-corrected chi connectivity index (χ3v) is 7.24. The Kier molecular flexibility index (Phi) is 7.83. The standard InChI is InChI=1S/C24H27NO8S/c1-25(23(27)14-11-18(30-3)21(32-5)19(12-14)31-4)9-10-34(6)22-20(26)16-8-7-15(29-2)13-17(16)33-24(22)28/h7-8,11-13H,9-10H2,1-6H3/p+1. The Morgan fingerprint density at radius 2 is 1.68 bits per heavy atom. The van der Waals surface area contributed by atoms with Crippen LogP contribution < -0.4 is 24.6 Å². The topological polar surface area (TPSA) is 108 Å². The van der Waals surface area contributed by atoms with Crippen LogP contribution in [0.4, 0.5) is 0 Å². The number of fused-ring (bicyclic) bond motifs is 1. The summed E-state index contributed by atoms with van der Waals surface area (Å²) in [4.78, 5) is 27.4. The molecule has 1 unspecified atom stereocenters. The molecule has 1 N–H and O–H groups in total. The van der Waals surface area contributed by atoms with Crippen LogP contribution in [0.15, 0.2) is 44.4 Å². The molecule has 0 bridgehead atoms. The van der Waals surface area contributed by atoms with Gasteiger partial charge in [-0.05, 0) is 24.3 Å². The number of carbonyl (C=O) groups excluding carboxylic acids is 1. The Morgan fingerprint density at radius 1 is 1.03 bits per heavy atom. The number of aromatic hydroxyl groups is 1. The third-order valence-electron chi connectivity index (χ3n) is 5.39. The first kappa shape index (κ1) is 25.1. The van der Waals surface area contributed by atoms with Gasteiger partial charge in [0.2, 0.25) is 5.75 Å². The number of hydrogen-bond acceptors (Lipinski definition) is 8. The first-order chi connectivity index (χ1) is 16.2. The van der Waals surface area contributed by atoms with Gasteiger partial charge in [0.25, 0.3) is 10.8 Å². The lowest BCUT2D eigenvalue weighted by Gasteiger charge is -2.19. The average Bonchev–Trinajstić information content (AvgIpc) is 2.85. The molecule has 9 nitrogen and oxygen atoms in total. The van der Waals surface area contributed by atoms with E-state index in [-0.39, 0.29) is 22.1 Å². The van der Waals surface area contributed by atoms with Crippen LogP contribution in [0.5, 0.6) is 28.7 Å². The predicted molar refractivity (Wildman–Crippen MR) is 130 cm³/mol. The molecule has 1 amide bonds. The molecule has 3 aromatic rings. The SMILES string of the molecule is COc1ccc2c(O)c([S+](C)CCN(C)C(=O)c3cc(OC)c(OC)c(OC)c3)c(=O)oc2c1. The third kappa shape index (κ3) is 4.86. The average molecular weight is 491 g/mol. The summed E-state index contributed by atoms with van der Waals surface area (Å²) in [6, 6.07) is 8.06. The van der Waals surface area contributed by atoms with Crippen LogP contribution in [-0.4, -0.2) is 70.0 Å². The van der Waals surface area contributed by atoms with Gasteiger partial charge < -0.3 is 33.4 Å². The second-order valence-corrected chi connectivity index (χ2v) is 9.50. The maximum absolute atomic E-state index is 13.0. The number of ether oxygens (including phenoxy) is 4. The molecule has 0 radical (unpaired) electrons. The van der Waals surface area contributed by atoms with Gasteiger partial charge in [-0.25, -0.2) is 4.79 Å². The number of hydrogen-bond donors (Lipinski definition) is 1. The van der Waals surface area contributed by atoms with Crippen molar-refractivity contribution in [1.29, 1.82) is 0 Å². The van der Waals surface area contributed by atoms with Gasteiger partial charge >= 0.3 is 5.63 Å². The van der Waals surface area contributed by atoms with Crippen molar-refractivity contribution in [1.82, 2.24) is 4.90 Å². The molecule has 1 atom stereocenters. The molecule has 1 aromatic heterocycles. The number of methoxy groups -OCH3 is 4. The Labute approximate surface area is 200 Å². The summed E-state index contributed by atoms with van der Waals surface area (Å²) in [6.07, 6.45) is 1.83. The van der Waals surface area contributed by atoms with E-state index in [1.807, 2.05) is 6.26 Å². The molecule has 0 aliphatic rings. The van der Waals surface area contributed by atoms with Gasteiger partial charge in [0.15, 0.2) is 17.2 Å². The lowest BCUT2D eigenvalue weighted by atomic mass is 10.1. The highest BCUT2D eigenvalue weighted by atomic mass is 32.2. The number of amides is 1.